The molecule has 0 amide bonds. The van der Waals surface area contributed by atoms with Crippen molar-refractivity contribution >= 4 is 11.9 Å². The fourth-order valence-electron chi connectivity index (χ4n) is 1.52. The predicted molar refractivity (Wildman–Crippen MR) is 60.0 cm³/mol. The van der Waals surface area contributed by atoms with Crippen molar-refractivity contribution in [2.24, 2.45) is 0 Å². The third-order valence-electron chi connectivity index (χ3n) is 2.46. The Kier molecular flexibility index (Phi) is 2.80. The number of carboxylic acid groups (broad SMARTS) is 2. The number of hydrogen-bond acceptors (Lipinski definition) is 4. The van der Waals surface area contributed by atoms with E-state index in [9.17, 15) is 9.59 Å². The van der Waals surface area contributed by atoms with Gasteiger partial charge in [0.15, 0.2) is 5.69 Å². The van der Waals surface area contributed by atoms with Crippen LogP contribution in [-0.4, -0.2) is 37.1 Å². The molecule has 0 aliphatic carbocycles. The van der Waals surface area contributed by atoms with Crippen molar-refractivity contribution in [1.29, 1.82) is 0 Å². The second-order valence-electron chi connectivity index (χ2n) is 3.59. The lowest BCUT2D eigenvalue weighted by Crippen LogP contribution is -2.03. The highest BCUT2D eigenvalue weighted by Crippen LogP contribution is 2.13. The molecule has 0 unspecified atom stereocenters. The Labute approximate surface area is 101 Å². The molecule has 0 fully saturated rings. The average molecular weight is 247 g/mol. The second-order valence-corrected chi connectivity index (χ2v) is 3.59. The van der Waals surface area contributed by atoms with Gasteiger partial charge < -0.3 is 10.2 Å². The lowest BCUT2D eigenvalue weighted by atomic mass is 10.2. The lowest BCUT2D eigenvalue weighted by Gasteiger charge is -2.03. The van der Waals surface area contributed by atoms with Crippen LogP contribution in [0.3, 0.4) is 0 Å². The van der Waals surface area contributed by atoms with Crippen LogP contribution in [0, 0.1) is 6.92 Å². The van der Waals surface area contributed by atoms with E-state index < -0.39 is 11.9 Å². The van der Waals surface area contributed by atoms with Gasteiger partial charge in [-0.05, 0) is 31.2 Å². The number of benzene rings is 1. The summed E-state index contributed by atoms with van der Waals surface area (Å²) in [6, 6.07) is 5.91. The highest BCUT2D eigenvalue weighted by Gasteiger charge is 2.16. The Morgan fingerprint density at radius 2 is 1.72 bits per heavy atom. The van der Waals surface area contributed by atoms with Gasteiger partial charge in [-0.3, -0.25) is 0 Å². The summed E-state index contributed by atoms with van der Waals surface area (Å²) in [4.78, 5) is 21.5. The van der Waals surface area contributed by atoms with E-state index in [0.717, 1.165) is 0 Å². The summed E-state index contributed by atoms with van der Waals surface area (Å²) in [5.74, 6) is -2.18. The van der Waals surface area contributed by atoms with E-state index in [1.165, 1.54) is 28.9 Å². The van der Waals surface area contributed by atoms with Gasteiger partial charge in [0.25, 0.3) is 0 Å². The number of carbonyl (C=O) groups is 2. The van der Waals surface area contributed by atoms with Crippen LogP contribution in [0.1, 0.15) is 26.5 Å². The maximum atomic E-state index is 10.8. The molecule has 18 heavy (non-hydrogen) atoms. The first kappa shape index (κ1) is 11.8. The summed E-state index contributed by atoms with van der Waals surface area (Å²) in [6.07, 6.45) is 0. The third-order valence-corrected chi connectivity index (χ3v) is 2.46. The number of hydrogen-bond donors (Lipinski definition) is 2. The summed E-state index contributed by atoms with van der Waals surface area (Å²) in [5.41, 5.74) is 0.954. The number of carboxylic acids is 2. The van der Waals surface area contributed by atoms with Crippen molar-refractivity contribution in [1.82, 2.24) is 15.0 Å². The SMILES string of the molecule is Cc1c(C(=O)O)nnn1-c1ccc(C(=O)O)cc1. The van der Waals surface area contributed by atoms with Crippen molar-refractivity contribution in [2.45, 2.75) is 6.92 Å². The van der Waals surface area contributed by atoms with Gasteiger partial charge in [0.2, 0.25) is 0 Å². The molecule has 7 nitrogen and oxygen atoms in total. The van der Waals surface area contributed by atoms with Crippen molar-refractivity contribution in [3.63, 3.8) is 0 Å². The standard InChI is InChI=1S/C11H9N3O4/c1-6-9(11(17)18)12-13-14(6)8-4-2-7(3-5-8)10(15)16/h2-5H,1H3,(H,15,16)(H,17,18). The van der Waals surface area contributed by atoms with Gasteiger partial charge in [0, 0.05) is 0 Å². The molecule has 0 aliphatic heterocycles. The number of rotatable bonds is 3. The van der Waals surface area contributed by atoms with E-state index >= 15 is 0 Å². The molecule has 7 heteroatoms. The molecular formula is C11H9N3O4. The molecule has 2 aromatic rings. The van der Waals surface area contributed by atoms with Gasteiger partial charge >= 0.3 is 11.9 Å². The fourth-order valence-corrected chi connectivity index (χ4v) is 1.52. The first-order valence-corrected chi connectivity index (χ1v) is 5.00. The lowest BCUT2D eigenvalue weighted by molar-refractivity contribution is 0.0682. The molecule has 0 radical (unpaired) electrons. The molecule has 0 atom stereocenters. The zero-order chi connectivity index (χ0) is 13.3. The van der Waals surface area contributed by atoms with Crippen LogP contribution in [-0.2, 0) is 0 Å². The Balaban J connectivity index is 2.43. The zero-order valence-corrected chi connectivity index (χ0v) is 9.36. The number of aromatic carboxylic acids is 2. The van der Waals surface area contributed by atoms with Crippen molar-refractivity contribution in [3.8, 4) is 5.69 Å². The first-order chi connectivity index (χ1) is 8.50. The van der Waals surface area contributed by atoms with Gasteiger partial charge in [0.1, 0.15) is 0 Å². The zero-order valence-electron chi connectivity index (χ0n) is 9.36. The average Bonchev–Trinajstić information content (AvgIpc) is 2.71. The molecule has 0 aliphatic rings. The highest BCUT2D eigenvalue weighted by molar-refractivity contribution is 5.88. The van der Waals surface area contributed by atoms with Gasteiger partial charge in [-0.25, -0.2) is 14.3 Å². The molecule has 2 N–H and O–H groups in total. The minimum absolute atomic E-state index is 0.127. The van der Waals surface area contributed by atoms with Crippen LogP contribution in [0.2, 0.25) is 0 Å². The quantitative estimate of drug-likeness (QED) is 0.837. The fraction of sp³-hybridized carbons (Fsp3) is 0.0909. The monoisotopic (exact) mass is 247 g/mol. The summed E-state index contributed by atoms with van der Waals surface area (Å²) in [7, 11) is 0. The van der Waals surface area contributed by atoms with Crippen LogP contribution in [0.4, 0.5) is 0 Å². The van der Waals surface area contributed by atoms with E-state index in [2.05, 4.69) is 10.3 Å². The molecule has 1 aromatic heterocycles. The van der Waals surface area contributed by atoms with Gasteiger partial charge in [0.05, 0.1) is 16.9 Å². The Morgan fingerprint density at radius 1 is 1.11 bits per heavy atom. The van der Waals surface area contributed by atoms with Gasteiger partial charge in [-0.1, -0.05) is 5.21 Å². The summed E-state index contributed by atoms with van der Waals surface area (Å²) in [5, 5.41) is 24.9. The van der Waals surface area contributed by atoms with E-state index in [1.807, 2.05) is 0 Å². The normalized spacial score (nSPS) is 10.3. The van der Waals surface area contributed by atoms with Crippen LogP contribution in [0.25, 0.3) is 5.69 Å². The van der Waals surface area contributed by atoms with Crippen LogP contribution < -0.4 is 0 Å². The van der Waals surface area contributed by atoms with E-state index in [-0.39, 0.29) is 11.3 Å². The molecule has 0 saturated carbocycles. The highest BCUT2D eigenvalue weighted by atomic mass is 16.4. The number of nitrogens with zero attached hydrogens (tertiary/aromatic N) is 3. The van der Waals surface area contributed by atoms with Crippen molar-refractivity contribution in [3.05, 3.63) is 41.2 Å². The van der Waals surface area contributed by atoms with Crippen LogP contribution in [0.5, 0.6) is 0 Å². The molecule has 92 valence electrons. The molecule has 0 bridgehead atoms. The minimum atomic E-state index is -1.15. The predicted octanol–water partition coefficient (Wildman–Crippen LogP) is 0.972. The first-order valence-electron chi connectivity index (χ1n) is 5.00. The van der Waals surface area contributed by atoms with Gasteiger partial charge in [-0.2, -0.15) is 0 Å². The molecule has 1 aromatic carbocycles. The summed E-state index contributed by atoms with van der Waals surface area (Å²) in [6.45, 7) is 1.58. The molecule has 2 rings (SSSR count). The largest absolute Gasteiger partial charge is 0.478 e. The van der Waals surface area contributed by atoms with Gasteiger partial charge in [-0.15, -0.1) is 5.10 Å². The maximum absolute atomic E-state index is 10.8. The number of aromatic nitrogens is 3. The van der Waals surface area contributed by atoms with E-state index in [4.69, 9.17) is 10.2 Å². The Morgan fingerprint density at radius 3 is 2.17 bits per heavy atom. The maximum Gasteiger partial charge on any atom is 0.358 e. The van der Waals surface area contributed by atoms with E-state index in [1.54, 1.807) is 6.92 Å². The molecule has 0 spiro atoms. The van der Waals surface area contributed by atoms with Crippen molar-refractivity contribution < 1.29 is 19.8 Å². The third kappa shape index (κ3) is 1.93. The smallest absolute Gasteiger partial charge is 0.358 e. The van der Waals surface area contributed by atoms with Crippen molar-refractivity contribution in [2.75, 3.05) is 0 Å². The topological polar surface area (TPSA) is 105 Å². The minimum Gasteiger partial charge on any atom is -0.478 e. The molecule has 0 saturated heterocycles. The Bertz CT molecular complexity index is 616. The molecular weight excluding hydrogens is 238 g/mol. The second kappa shape index (κ2) is 4.28. The summed E-state index contributed by atoms with van der Waals surface area (Å²) >= 11 is 0. The Hall–Kier alpha value is -2.70. The molecule has 1 heterocycles. The van der Waals surface area contributed by atoms with Crippen LogP contribution >= 0.6 is 0 Å². The van der Waals surface area contributed by atoms with E-state index in [0.29, 0.717) is 11.4 Å². The summed E-state index contributed by atoms with van der Waals surface area (Å²) < 4.78 is 1.34. The van der Waals surface area contributed by atoms with Crippen LogP contribution in [0.15, 0.2) is 24.3 Å².